The Labute approximate surface area is 700 Å². The van der Waals surface area contributed by atoms with E-state index < -0.39 is 169 Å². The summed E-state index contributed by atoms with van der Waals surface area (Å²) in [6, 6.07) is -10.3. The molecule has 1 rings (SSSR count). The Bertz CT molecular complexity index is 3600. The number of guanidine groups is 6. The van der Waals surface area contributed by atoms with E-state index in [2.05, 4.69) is 101 Å². The first-order valence-electron chi connectivity index (χ1n) is 38.6. The van der Waals surface area contributed by atoms with E-state index in [0.29, 0.717) is 18.4 Å². The lowest BCUT2D eigenvalue weighted by atomic mass is 10.0. The van der Waals surface area contributed by atoms with Gasteiger partial charge in [-0.15, -0.1) is 0 Å². The number of amides is 13. The molecule has 1 aromatic rings. The molecule has 0 heterocycles. The van der Waals surface area contributed by atoms with E-state index in [1.165, 1.54) is 24.3 Å². The van der Waals surface area contributed by atoms with E-state index in [1.54, 1.807) is 0 Å². The molecule has 0 aromatic heterocycles. The van der Waals surface area contributed by atoms with Gasteiger partial charge in [0.25, 0.3) is 5.97 Å². The van der Waals surface area contributed by atoms with Crippen molar-refractivity contribution in [2.75, 3.05) is 64.7 Å². The number of carbonyl (C=O) groups is 14. The topological polar surface area (TPSA) is 928 Å². The van der Waals surface area contributed by atoms with Crippen molar-refractivity contribution < 1.29 is 77.3 Å². The van der Waals surface area contributed by atoms with Crippen LogP contribution in [0.5, 0.6) is 5.75 Å². The van der Waals surface area contributed by atoms with Crippen molar-refractivity contribution >= 4 is 131 Å². The number of benzene rings is 1. The SMILES string of the molecule is CC(=O)O.NCCCCC(NC(=O)C(CCCN=C(N)N)NC(=O)CNC(=O)C(Cc1ccc(O)cc1)NC(=O)C(N)CS)C(=O)NC(CCCCN)C(=O)NC(CCCN=C(N)N)C(=O)NC(CCCN=C(N)N)C(=O)NC(CCC(N)=O)C(=O)NC(CCCN=C(N)N)C(=O)NC(CCCN=C(N)N)C(=O)NC(CCCN=C(N)N)C(N)=O. The van der Waals surface area contributed by atoms with Crippen LogP contribution in [-0.2, 0) is 73.5 Å². The molecule has 13 amide bonds. The number of nitrogens with two attached hydrogens (primary N) is 17. The number of nitrogens with one attached hydrogen (secondary N) is 11. The van der Waals surface area contributed by atoms with E-state index in [0.717, 1.165) is 6.92 Å². The lowest BCUT2D eigenvalue weighted by Gasteiger charge is -2.28. The maximum atomic E-state index is 14.9. The molecule has 1 aromatic carbocycles. The van der Waals surface area contributed by atoms with Crippen LogP contribution in [0, 0.1) is 0 Å². The number of phenolic OH excluding ortho intramolecular Hbond substituents is 1. The Morgan fingerprint density at radius 2 is 0.600 bits per heavy atom. The van der Waals surface area contributed by atoms with Crippen LogP contribution in [0.4, 0.5) is 0 Å². The monoisotopic (exact) mass is 1720 g/mol. The third-order valence-corrected chi connectivity index (χ3v) is 17.3. The fourth-order valence-electron chi connectivity index (χ4n) is 10.9. The molecule has 0 spiro atoms. The molecule has 11 unspecified atom stereocenters. The highest BCUT2D eigenvalue weighted by atomic mass is 32.1. The van der Waals surface area contributed by atoms with Gasteiger partial charge in [0.2, 0.25) is 76.8 Å². The van der Waals surface area contributed by atoms with Crippen LogP contribution in [0.2, 0.25) is 0 Å². The summed E-state index contributed by atoms with van der Waals surface area (Å²) in [5.41, 5.74) is 95.9. The predicted octanol–water partition coefficient (Wildman–Crippen LogP) is -12.4. The first-order chi connectivity index (χ1) is 56.6. The average Bonchev–Trinajstić information content (AvgIpc) is 0.856. The largest absolute Gasteiger partial charge is 0.508 e. The van der Waals surface area contributed by atoms with Crippen molar-refractivity contribution in [2.24, 2.45) is 127 Å². The first kappa shape index (κ1) is 107. The van der Waals surface area contributed by atoms with Gasteiger partial charge in [0.05, 0.1) is 12.6 Å². The summed E-state index contributed by atoms with van der Waals surface area (Å²) in [6.45, 7) is 0.379. The molecule has 0 saturated heterocycles. The summed E-state index contributed by atoms with van der Waals surface area (Å²) in [4.78, 5) is 215. The molecule has 0 bridgehead atoms. The molecule has 0 aliphatic carbocycles. The summed E-state index contributed by atoms with van der Waals surface area (Å²) in [6.07, 6.45) is -1.02. The minimum absolute atomic E-state index is 0.00486. The molecule has 50 nitrogen and oxygen atoms in total. The third kappa shape index (κ3) is 51.5. The van der Waals surface area contributed by atoms with Gasteiger partial charge in [0, 0.05) is 64.8 Å². The van der Waals surface area contributed by atoms with Crippen LogP contribution < -0.4 is 156 Å². The van der Waals surface area contributed by atoms with Crippen LogP contribution in [0.25, 0.3) is 0 Å². The number of primary amides is 2. The van der Waals surface area contributed by atoms with Crippen LogP contribution in [-0.4, -0.2) is 260 Å². The number of aliphatic imine (C=N–C) groups is 6. The average molecular weight is 1720 g/mol. The highest BCUT2D eigenvalue weighted by molar-refractivity contribution is 7.80. The lowest BCUT2D eigenvalue weighted by Crippen LogP contribution is -2.60. The second-order valence-corrected chi connectivity index (χ2v) is 27.6. The summed E-state index contributed by atoms with van der Waals surface area (Å²) in [7, 11) is 0. The van der Waals surface area contributed by atoms with Crippen molar-refractivity contribution in [3.8, 4) is 5.75 Å². The smallest absolute Gasteiger partial charge is 0.300 e. The standard InChI is InChI=1S/C67H124N34O14S.C2H4O2/c68-25-3-1-11-41(94-54(108)40(14-6-28-86-63(75)76)92-50(104)34-91-53(107)48(101-52(106)38(70)35-116)33-36-19-21-37(102)22-20-36)56(110)95-42(12-2-4-26-69)57(111)97-44(16-8-30-88-65(79)80)58(112)98-46(18-10-32-90-67(83)84)60(114)100-47(23-24-49(71)103)61(115)99-45(17-9-31-89-66(81)82)59(113)96-43(15-7-29-87-64(77)78)55(109)93-39(51(72)105)13-5-27-85-62(73)74;1-2(3)4/h19-22,38-48,102,116H,1-18,23-35,68-70H2,(H2,71,103)(H2,72,105)(H,91,107)(H,92,104)(H,93,109)(H,94,108)(H,95,110)(H,96,113)(H,97,111)(H,98,112)(H,99,115)(H,100,114)(H,101,106)(H4,73,74,85)(H4,75,76,86)(H4,77,78,87)(H4,79,80,88)(H4,81,82,89)(H4,83,84,90);1H3,(H,3,4). The summed E-state index contributed by atoms with van der Waals surface area (Å²) in [5, 5.41) is 45.6. The normalized spacial score (nSPS) is 13.4. The van der Waals surface area contributed by atoms with Crippen molar-refractivity contribution in [3.63, 3.8) is 0 Å². The minimum Gasteiger partial charge on any atom is -0.508 e. The molecule has 120 heavy (non-hydrogen) atoms. The Balaban J connectivity index is 0.0000345. The number of thiol groups is 1. The van der Waals surface area contributed by atoms with Gasteiger partial charge in [-0.2, -0.15) is 12.6 Å². The van der Waals surface area contributed by atoms with E-state index in [9.17, 15) is 67.4 Å². The highest BCUT2D eigenvalue weighted by Gasteiger charge is 2.36. The molecular weight excluding hydrogens is 1590 g/mol. The number of hydrogen-bond donors (Lipinski definition) is 31. The maximum Gasteiger partial charge on any atom is 0.300 e. The molecule has 0 saturated carbocycles. The number of aromatic hydroxyl groups is 1. The number of unbranched alkanes of at least 4 members (excludes halogenated alkanes) is 2. The minimum atomic E-state index is -1.74. The summed E-state index contributed by atoms with van der Waals surface area (Å²) < 4.78 is 0. The predicted molar refractivity (Wildman–Crippen MR) is 452 cm³/mol. The number of nitrogens with zero attached hydrogens (tertiary/aromatic N) is 6. The molecule has 0 fully saturated rings. The summed E-state index contributed by atoms with van der Waals surface area (Å²) in [5.74, 6) is -14.9. The molecule has 51 heteroatoms. The van der Waals surface area contributed by atoms with Gasteiger partial charge in [-0.05, 0) is 153 Å². The van der Waals surface area contributed by atoms with Crippen molar-refractivity contribution in [1.82, 2.24) is 58.5 Å². The van der Waals surface area contributed by atoms with Gasteiger partial charge in [0.15, 0.2) is 35.8 Å². The van der Waals surface area contributed by atoms with Crippen molar-refractivity contribution in [3.05, 3.63) is 29.8 Å². The fraction of sp³-hybridized carbons (Fsp3) is 0.623. The quantitative estimate of drug-likeness (QED) is 0.0125. The lowest BCUT2D eigenvalue weighted by molar-refractivity contribution is -0.136. The van der Waals surface area contributed by atoms with Gasteiger partial charge in [-0.1, -0.05) is 12.1 Å². The first-order valence-corrected chi connectivity index (χ1v) is 39.2. The van der Waals surface area contributed by atoms with Gasteiger partial charge < -0.3 is 166 Å². The fourth-order valence-corrected chi connectivity index (χ4v) is 11.0. The Morgan fingerprint density at radius 3 is 0.858 bits per heavy atom. The van der Waals surface area contributed by atoms with Gasteiger partial charge in [-0.3, -0.25) is 97.1 Å². The molecule has 47 N–H and O–H groups in total. The second kappa shape index (κ2) is 61.8. The van der Waals surface area contributed by atoms with Gasteiger partial charge in [-0.25, -0.2) is 0 Å². The van der Waals surface area contributed by atoms with Crippen molar-refractivity contribution in [2.45, 2.75) is 208 Å². The number of rotatable bonds is 61. The number of hydrogen-bond acceptors (Lipinski definition) is 25. The number of carboxylic acid groups (broad SMARTS) is 1. The molecule has 0 aliphatic heterocycles. The zero-order valence-corrected chi connectivity index (χ0v) is 68.5. The molecule has 11 atom stereocenters. The van der Waals surface area contributed by atoms with Gasteiger partial charge in [0.1, 0.15) is 66.2 Å². The molecule has 0 radical (unpaired) electrons. The Morgan fingerprint density at radius 1 is 0.350 bits per heavy atom. The maximum absolute atomic E-state index is 14.9. The molecule has 676 valence electrons. The van der Waals surface area contributed by atoms with Crippen molar-refractivity contribution in [1.29, 1.82) is 0 Å². The van der Waals surface area contributed by atoms with E-state index in [4.69, 9.17) is 107 Å². The van der Waals surface area contributed by atoms with Crippen LogP contribution in [0.3, 0.4) is 0 Å². The number of phenols is 1. The van der Waals surface area contributed by atoms with E-state index >= 15 is 0 Å². The second-order valence-electron chi connectivity index (χ2n) is 27.2. The zero-order chi connectivity index (χ0) is 90.8. The van der Waals surface area contributed by atoms with Crippen LogP contribution in [0.1, 0.15) is 141 Å². The third-order valence-electron chi connectivity index (χ3n) is 17.0. The van der Waals surface area contributed by atoms with E-state index in [1.807, 2.05) is 0 Å². The highest BCUT2D eigenvalue weighted by Crippen LogP contribution is 2.15. The molecule has 0 aliphatic rings. The Hall–Kier alpha value is -12.5. The van der Waals surface area contributed by atoms with Gasteiger partial charge >= 0.3 is 0 Å². The number of carbonyl (C=O) groups excluding carboxylic acids is 13. The number of aliphatic carboxylic acids is 1. The molecular formula is C69H128N34O16S. The van der Waals surface area contributed by atoms with E-state index in [-0.39, 0.29) is 209 Å². The Kier molecular flexibility index (Phi) is 55.3. The summed E-state index contributed by atoms with van der Waals surface area (Å²) >= 11 is 4.06. The zero-order valence-electron chi connectivity index (χ0n) is 67.6. The number of carboxylic acids is 1. The van der Waals surface area contributed by atoms with Crippen LogP contribution in [0.15, 0.2) is 54.2 Å². The van der Waals surface area contributed by atoms with Crippen LogP contribution >= 0.6 is 12.6 Å².